The van der Waals surface area contributed by atoms with Gasteiger partial charge in [-0.15, -0.1) is 0 Å². The molecule has 2 heterocycles. The third-order valence-corrected chi connectivity index (χ3v) is 5.27. The zero-order valence-electron chi connectivity index (χ0n) is 18.8. The highest BCUT2D eigenvalue weighted by molar-refractivity contribution is 5.91. The monoisotopic (exact) mass is 420 g/mol. The van der Waals surface area contributed by atoms with Gasteiger partial charge in [-0.1, -0.05) is 40.7 Å². The van der Waals surface area contributed by atoms with Gasteiger partial charge in [-0.05, 0) is 24.0 Å². The molecule has 1 aromatic heterocycles. The second kappa shape index (κ2) is 9.85. The van der Waals surface area contributed by atoms with Crippen LogP contribution in [0.25, 0.3) is 0 Å². The molecule has 0 aliphatic carbocycles. The van der Waals surface area contributed by atoms with Crippen molar-refractivity contribution in [1.82, 2.24) is 20.5 Å². The Labute approximate surface area is 179 Å². The lowest BCUT2D eigenvalue weighted by Gasteiger charge is -2.36. The number of aliphatic hydroxyl groups is 2. The molecule has 0 unspecified atom stereocenters. The summed E-state index contributed by atoms with van der Waals surface area (Å²) in [7, 11) is 0. The van der Waals surface area contributed by atoms with Crippen LogP contribution in [0.15, 0.2) is 18.3 Å². The van der Waals surface area contributed by atoms with Gasteiger partial charge in [0.15, 0.2) is 0 Å². The molecule has 1 aliphatic heterocycles. The molecule has 1 aliphatic rings. The van der Waals surface area contributed by atoms with Crippen LogP contribution < -0.4 is 10.6 Å². The quantitative estimate of drug-likeness (QED) is 0.521. The lowest BCUT2D eigenvalue weighted by Crippen LogP contribution is -2.58. The largest absolute Gasteiger partial charge is 0.394 e. The molecular formula is C22H36N4O4. The highest BCUT2D eigenvalue weighted by atomic mass is 16.3. The van der Waals surface area contributed by atoms with E-state index in [0.29, 0.717) is 5.69 Å². The first kappa shape index (κ1) is 24.2. The van der Waals surface area contributed by atoms with Crippen molar-refractivity contribution in [2.75, 3.05) is 13.2 Å². The molecule has 8 nitrogen and oxygen atoms in total. The third kappa shape index (κ3) is 6.00. The third-order valence-electron chi connectivity index (χ3n) is 5.27. The summed E-state index contributed by atoms with van der Waals surface area (Å²) in [5, 5.41) is 26.1. The van der Waals surface area contributed by atoms with E-state index >= 15 is 0 Å². The summed E-state index contributed by atoms with van der Waals surface area (Å²) in [5.74, 6) is -0.611. The predicted molar refractivity (Wildman–Crippen MR) is 115 cm³/mol. The Morgan fingerprint density at radius 2 is 1.97 bits per heavy atom. The molecule has 30 heavy (non-hydrogen) atoms. The molecule has 1 saturated heterocycles. The zero-order valence-corrected chi connectivity index (χ0v) is 18.8. The van der Waals surface area contributed by atoms with Crippen LogP contribution in [-0.4, -0.2) is 69.3 Å². The molecule has 4 atom stereocenters. The van der Waals surface area contributed by atoms with Gasteiger partial charge in [-0.3, -0.25) is 14.6 Å². The summed E-state index contributed by atoms with van der Waals surface area (Å²) in [6, 6.07) is 1.73. The van der Waals surface area contributed by atoms with E-state index < -0.39 is 30.1 Å². The number of aliphatic hydroxyl groups excluding tert-OH is 2. The van der Waals surface area contributed by atoms with E-state index in [0.717, 1.165) is 5.56 Å². The molecular weight excluding hydrogens is 384 g/mol. The van der Waals surface area contributed by atoms with Crippen LogP contribution in [0.3, 0.4) is 0 Å². The van der Waals surface area contributed by atoms with Crippen LogP contribution >= 0.6 is 0 Å². The summed E-state index contributed by atoms with van der Waals surface area (Å²) < 4.78 is 0. The summed E-state index contributed by atoms with van der Waals surface area (Å²) in [5.41, 5.74) is 1.15. The number of aryl methyl sites for hydroxylation is 1. The number of hydrogen-bond acceptors (Lipinski definition) is 6. The number of nitrogens with one attached hydrogen (secondary N) is 2. The molecule has 0 bridgehead atoms. The maximum atomic E-state index is 13.4. The average molecular weight is 421 g/mol. The highest BCUT2D eigenvalue weighted by Crippen LogP contribution is 2.27. The Morgan fingerprint density at radius 3 is 2.47 bits per heavy atom. The fraction of sp³-hybridized carbons (Fsp3) is 0.682. The van der Waals surface area contributed by atoms with Crippen molar-refractivity contribution in [2.24, 2.45) is 5.41 Å². The second-order valence-electron chi connectivity index (χ2n) is 9.52. The Morgan fingerprint density at radius 1 is 1.30 bits per heavy atom. The van der Waals surface area contributed by atoms with Crippen LogP contribution in [0, 0.1) is 12.3 Å². The van der Waals surface area contributed by atoms with E-state index in [9.17, 15) is 19.8 Å². The van der Waals surface area contributed by atoms with Crippen LogP contribution in [0.1, 0.15) is 58.3 Å². The lowest BCUT2D eigenvalue weighted by atomic mass is 9.85. The number of hydrogen-bond donors (Lipinski definition) is 4. The van der Waals surface area contributed by atoms with Gasteiger partial charge in [0, 0.05) is 25.2 Å². The van der Waals surface area contributed by atoms with Crippen molar-refractivity contribution in [2.45, 2.75) is 78.2 Å². The van der Waals surface area contributed by atoms with Crippen molar-refractivity contribution in [3.8, 4) is 0 Å². The molecule has 0 radical (unpaired) electrons. The number of β-amino-alcohol motifs (C(OH)–C–C–N with tert-alkyl or cyclic N) is 1. The van der Waals surface area contributed by atoms with Crippen LogP contribution in [0.2, 0.25) is 0 Å². The number of aromatic nitrogens is 1. The minimum Gasteiger partial charge on any atom is -0.394 e. The van der Waals surface area contributed by atoms with Crippen LogP contribution in [0.4, 0.5) is 0 Å². The molecule has 168 valence electrons. The fourth-order valence-electron chi connectivity index (χ4n) is 3.66. The fourth-order valence-corrected chi connectivity index (χ4v) is 3.66. The topological polar surface area (TPSA) is 115 Å². The maximum Gasteiger partial charge on any atom is 0.243 e. The van der Waals surface area contributed by atoms with Gasteiger partial charge in [0.2, 0.25) is 11.8 Å². The van der Waals surface area contributed by atoms with Gasteiger partial charge in [-0.25, -0.2) is 0 Å². The van der Waals surface area contributed by atoms with E-state index in [4.69, 9.17) is 0 Å². The Bertz CT molecular complexity index is 730. The Balaban J connectivity index is 2.20. The molecule has 2 rings (SSSR count). The van der Waals surface area contributed by atoms with E-state index in [1.807, 2.05) is 47.6 Å². The van der Waals surface area contributed by atoms with E-state index in [1.165, 1.54) is 4.90 Å². The van der Waals surface area contributed by atoms with Gasteiger partial charge >= 0.3 is 0 Å². The molecule has 1 fully saturated rings. The zero-order chi connectivity index (χ0) is 22.6. The standard InChI is InChI=1S/C22H36N4O4/c1-13(2)24-19(22(4,5)6)21(30)26-11-15(28)9-18(26)20(29)25-17(12-27)16-8-7-14(3)10-23-16/h7-8,10,13,15,17-19,24,27-28H,9,11-12H2,1-6H3,(H,25,29)/t15-,17-,18+,19-/m1/s1. The van der Waals surface area contributed by atoms with Crippen molar-refractivity contribution in [1.29, 1.82) is 0 Å². The summed E-state index contributed by atoms with van der Waals surface area (Å²) in [4.78, 5) is 32.1. The second-order valence-corrected chi connectivity index (χ2v) is 9.52. The van der Waals surface area contributed by atoms with Gasteiger partial charge in [0.05, 0.1) is 30.5 Å². The molecule has 0 saturated carbocycles. The normalized spacial score (nSPS) is 21.6. The molecule has 8 heteroatoms. The number of carbonyl (C=O) groups is 2. The van der Waals surface area contributed by atoms with Gasteiger partial charge in [0.1, 0.15) is 6.04 Å². The number of rotatable bonds is 7. The summed E-state index contributed by atoms with van der Waals surface area (Å²) >= 11 is 0. The average Bonchev–Trinajstić information content (AvgIpc) is 3.05. The first-order valence-corrected chi connectivity index (χ1v) is 10.5. The molecule has 0 spiro atoms. The Hall–Kier alpha value is -2.03. The lowest BCUT2D eigenvalue weighted by molar-refractivity contribution is -0.142. The van der Waals surface area contributed by atoms with Gasteiger partial charge in [0.25, 0.3) is 0 Å². The van der Waals surface area contributed by atoms with Crippen molar-refractivity contribution in [3.63, 3.8) is 0 Å². The van der Waals surface area contributed by atoms with Crippen molar-refractivity contribution in [3.05, 3.63) is 29.6 Å². The number of nitrogens with zero attached hydrogens (tertiary/aromatic N) is 2. The molecule has 1 aromatic rings. The van der Waals surface area contributed by atoms with E-state index in [2.05, 4.69) is 15.6 Å². The first-order valence-electron chi connectivity index (χ1n) is 10.5. The Kier molecular flexibility index (Phi) is 7.96. The minimum absolute atomic E-state index is 0.0874. The smallest absolute Gasteiger partial charge is 0.243 e. The molecule has 4 N–H and O–H groups in total. The number of pyridine rings is 1. The van der Waals surface area contributed by atoms with Crippen LogP contribution in [0.5, 0.6) is 0 Å². The maximum absolute atomic E-state index is 13.4. The highest BCUT2D eigenvalue weighted by Gasteiger charge is 2.44. The van der Waals surface area contributed by atoms with E-state index in [1.54, 1.807) is 12.3 Å². The number of likely N-dealkylation sites (tertiary alicyclic amines) is 1. The van der Waals surface area contributed by atoms with Gasteiger partial charge in [-0.2, -0.15) is 0 Å². The SMILES string of the molecule is Cc1ccc([C@@H](CO)NC(=O)[C@@H]2C[C@@H](O)CN2C(=O)[C@@H](NC(C)C)C(C)(C)C)nc1. The van der Waals surface area contributed by atoms with Crippen LogP contribution in [-0.2, 0) is 9.59 Å². The first-order chi connectivity index (χ1) is 13.9. The number of carbonyl (C=O) groups excluding carboxylic acids is 2. The predicted octanol–water partition coefficient (Wildman–Crippen LogP) is 0.914. The summed E-state index contributed by atoms with van der Waals surface area (Å²) in [6.07, 6.45) is 1.06. The van der Waals surface area contributed by atoms with Gasteiger partial charge < -0.3 is 25.7 Å². The minimum atomic E-state index is -0.800. The summed E-state index contributed by atoms with van der Waals surface area (Å²) in [6.45, 7) is 11.5. The number of amides is 2. The molecule has 0 aromatic carbocycles. The van der Waals surface area contributed by atoms with Crippen molar-refractivity contribution < 1.29 is 19.8 Å². The molecule has 2 amide bonds. The van der Waals surface area contributed by atoms with Crippen molar-refractivity contribution >= 4 is 11.8 Å². The van der Waals surface area contributed by atoms with E-state index in [-0.39, 0.29) is 36.9 Å².